The number of benzene rings is 2. The Balaban J connectivity index is 1.54. The monoisotopic (exact) mass is 394 g/mol. The standard InChI is InChI=1S/C21H22N4O2S/c1-15-7-3-4-8-16(15)22-20-25(13-14-28-20)19(26)11-12-24-18-10-6-5-9-17(18)23(2)21(24)27/h3-10H,11-14H2,1-2H3. The van der Waals surface area contributed by atoms with Crippen molar-refractivity contribution in [3.8, 4) is 0 Å². The predicted octanol–water partition coefficient (Wildman–Crippen LogP) is 3.30. The Kier molecular flexibility index (Phi) is 5.09. The number of amidine groups is 1. The highest BCUT2D eigenvalue weighted by molar-refractivity contribution is 8.14. The van der Waals surface area contributed by atoms with Crippen molar-refractivity contribution < 1.29 is 4.79 Å². The number of aliphatic imine (C=N–C) groups is 1. The van der Waals surface area contributed by atoms with Gasteiger partial charge < -0.3 is 0 Å². The number of amides is 1. The van der Waals surface area contributed by atoms with Crippen molar-refractivity contribution in [2.45, 2.75) is 19.9 Å². The second-order valence-corrected chi connectivity index (χ2v) is 7.87. The fourth-order valence-electron chi connectivity index (χ4n) is 3.44. The van der Waals surface area contributed by atoms with Crippen molar-refractivity contribution in [2.75, 3.05) is 12.3 Å². The van der Waals surface area contributed by atoms with Gasteiger partial charge >= 0.3 is 5.69 Å². The number of carbonyl (C=O) groups excluding carboxylic acids is 1. The number of carbonyl (C=O) groups is 1. The maximum Gasteiger partial charge on any atom is 0.328 e. The number of hydrogen-bond acceptors (Lipinski definition) is 4. The Morgan fingerprint density at radius 2 is 1.82 bits per heavy atom. The number of fused-ring (bicyclic) bond motifs is 1. The lowest BCUT2D eigenvalue weighted by molar-refractivity contribution is -0.127. The fraction of sp³-hybridized carbons (Fsp3) is 0.286. The van der Waals surface area contributed by atoms with Gasteiger partial charge in [-0.15, -0.1) is 0 Å². The van der Waals surface area contributed by atoms with Crippen LogP contribution in [0.3, 0.4) is 0 Å². The minimum Gasteiger partial charge on any atom is -0.295 e. The van der Waals surface area contributed by atoms with E-state index in [1.165, 1.54) is 0 Å². The number of aromatic nitrogens is 2. The summed E-state index contributed by atoms with van der Waals surface area (Å²) in [7, 11) is 1.76. The van der Waals surface area contributed by atoms with Crippen molar-refractivity contribution in [3.05, 3.63) is 64.6 Å². The lowest BCUT2D eigenvalue weighted by atomic mass is 10.2. The molecule has 0 N–H and O–H groups in total. The third-order valence-corrected chi connectivity index (χ3v) is 5.97. The predicted molar refractivity (Wildman–Crippen MR) is 114 cm³/mol. The van der Waals surface area contributed by atoms with Gasteiger partial charge in [-0.2, -0.15) is 0 Å². The normalized spacial score (nSPS) is 15.6. The summed E-state index contributed by atoms with van der Waals surface area (Å²) in [4.78, 5) is 31.8. The number of imidazole rings is 1. The minimum absolute atomic E-state index is 0.00262. The van der Waals surface area contributed by atoms with E-state index in [9.17, 15) is 9.59 Å². The van der Waals surface area contributed by atoms with E-state index in [2.05, 4.69) is 0 Å². The SMILES string of the molecule is Cc1ccccc1N=C1SCCN1C(=O)CCn1c(=O)n(C)c2ccccc21. The second-order valence-electron chi connectivity index (χ2n) is 6.81. The Morgan fingerprint density at radius 1 is 1.11 bits per heavy atom. The van der Waals surface area contributed by atoms with E-state index >= 15 is 0 Å². The highest BCUT2D eigenvalue weighted by Crippen LogP contribution is 2.25. The molecule has 1 aliphatic rings. The van der Waals surface area contributed by atoms with Crippen molar-refractivity contribution >= 4 is 39.6 Å². The van der Waals surface area contributed by atoms with Gasteiger partial charge in [-0.05, 0) is 30.7 Å². The van der Waals surface area contributed by atoms with Crippen LogP contribution >= 0.6 is 11.8 Å². The summed E-state index contributed by atoms with van der Waals surface area (Å²) >= 11 is 1.60. The molecule has 3 aromatic rings. The summed E-state index contributed by atoms with van der Waals surface area (Å²) in [5, 5.41) is 0.740. The van der Waals surface area contributed by atoms with E-state index in [4.69, 9.17) is 4.99 Å². The quantitative estimate of drug-likeness (QED) is 0.682. The van der Waals surface area contributed by atoms with Crippen molar-refractivity contribution in [1.29, 1.82) is 0 Å². The Hall–Kier alpha value is -2.80. The van der Waals surface area contributed by atoms with Crippen LogP contribution in [0.2, 0.25) is 0 Å². The van der Waals surface area contributed by atoms with E-state index in [1.807, 2.05) is 55.5 Å². The van der Waals surface area contributed by atoms with Gasteiger partial charge in [-0.3, -0.25) is 18.8 Å². The molecule has 144 valence electrons. The third-order valence-electron chi connectivity index (χ3n) is 5.01. The number of thioether (sulfide) groups is 1. The van der Waals surface area contributed by atoms with Crippen LogP contribution in [-0.4, -0.2) is 37.4 Å². The molecule has 0 atom stereocenters. The molecule has 4 rings (SSSR count). The van der Waals surface area contributed by atoms with E-state index in [-0.39, 0.29) is 18.0 Å². The van der Waals surface area contributed by atoms with Crippen molar-refractivity contribution in [1.82, 2.24) is 14.0 Å². The Labute approximate surface area is 167 Å². The minimum atomic E-state index is -0.0985. The van der Waals surface area contributed by atoms with E-state index in [0.29, 0.717) is 13.1 Å². The lowest BCUT2D eigenvalue weighted by Crippen LogP contribution is -2.33. The first-order chi connectivity index (χ1) is 13.6. The topological polar surface area (TPSA) is 59.6 Å². The van der Waals surface area contributed by atoms with E-state index in [1.54, 1.807) is 32.8 Å². The molecule has 0 unspecified atom stereocenters. The molecule has 2 aromatic carbocycles. The molecule has 1 amide bonds. The zero-order chi connectivity index (χ0) is 19.7. The van der Waals surface area contributed by atoms with Crippen LogP contribution in [0.25, 0.3) is 11.0 Å². The molecule has 0 saturated carbocycles. The summed E-state index contributed by atoms with van der Waals surface area (Å²) in [6.07, 6.45) is 0.265. The van der Waals surface area contributed by atoms with Gasteiger partial charge in [0.25, 0.3) is 0 Å². The van der Waals surface area contributed by atoms with Crippen LogP contribution in [0.4, 0.5) is 5.69 Å². The first-order valence-electron chi connectivity index (χ1n) is 9.28. The molecule has 0 spiro atoms. The molecule has 2 heterocycles. The van der Waals surface area contributed by atoms with E-state index < -0.39 is 0 Å². The number of hydrogen-bond donors (Lipinski definition) is 0. The largest absolute Gasteiger partial charge is 0.328 e. The number of para-hydroxylation sites is 3. The van der Waals surface area contributed by atoms with Crippen molar-refractivity contribution in [3.63, 3.8) is 0 Å². The van der Waals surface area contributed by atoms with Crippen LogP contribution in [0.15, 0.2) is 58.3 Å². The molecule has 0 radical (unpaired) electrons. The first kappa shape index (κ1) is 18.6. The maximum absolute atomic E-state index is 12.9. The summed E-state index contributed by atoms with van der Waals surface area (Å²) in [5.41, 5.74) is 3.59. The van der Waals surface area contributed by atoms with Crippen LogP contribution in [0.5, 0.6) is 0 Å². The zero-order valence-corrected chi connectivity index (χ0v) is 16.8. The molecular formula is C21H22N4O2S. The highest BCUT2D eigenvalue weighted by Gasteiger charge is 2.26. The van der Waals surface area contributed by atoms with Crippen LogP contribution in [0, 0.1) is 6.92 Å². The summed E-state index contributed by atoms with van der Waals surface area (Å²) < 4.78 is 3.30. The molecule has 1 aromatic heterocycles. The van der Waals surface area contributed by atoms with Crippen LogP contribution < -0.4 is 5.69 Å². The number of nitrogens with zero attached hydrogens (tertiary/aromatic N) is 4. The smallest absolute Gasteiger partial charge is 0.295 e. The number of aryl methyl sites for hydroxylation is 3. The van der Waals surface area contributed by atoms with Gasteiger partial charge in [0.05, 0.1) is 16.7 Å². The van der Waals surface area contributed by atoms with Gasteiger partial charge in [0.15, 0.2) is 5.17 Å². The molecule has 1 aliphatic heterocycles. The average Bonchev–Trinajstić information content (AvgIpc) is 3.26. The first-order valence-corrected chi connectivity index (χ1v) is 10.3. The average molecular weight is 395 g/mol. The number of rotatable bonds is 4. The molecule has 28 heavy (non-hydrogen) atoms. The molecular weight excluding hydrogens is 372 g/mol. The van der Waals surface area contributed by atoms with Crippen molar-refractivity contribution in [2.24, 2.45) is 12.0 Å². The Morgan fingerprint density at radius 3 is 2.61 bits per heavy atom. The van der Waals surface area contributed by atoms with Gasteiger partial charge in [0.1, 0.15) is 0 Å². The van der Waals surface area contributed by atoms with Gasteiger partial charge in [-0.25, -0.2) is 9.79 Å². The molecule has 0 bridgehead atoms. The molecule has 7 heteroatoms. The van der Waals surface area contributed by atoms with Gasteiger partial charge in [0.2, 0.25) is 5.91 Å². The second kappa shape index (κ2) is 7.67. The summed E-state index contributed by atoms with van der Waals surface area (Å²) in [5.74, 6) is 0.835. The summed E-state index contributed by atoms with van der Waals surface area (Å²) in [6.45, 7) is 3.02. The Bertz CT molecular complexity index is 1130. The molecule has 1 fully saturated rings. The molecule has 1 saturated heterocycles. The maximum atomic E-state index is 12.9. The highest BCUT2D eigenvalue weighted by atomic mass is 32.2. The van der Waals surface area contributed by atoms with Crippen LogP contribution in [-0.2, 0) is 18.4 Å². The van der Waals surface area contributed by atoms with Gasteiger partial charge in [0, 0.05) is 32.3 Å². The fourth-order valence-corrected chi connectivity index (χ4v) is 4.41. The zero-order valence-electron chi connectivity index (χ0n) is 16.0. The molecule has 6 nitrogen and oxygen atoms in total. The van der Waals surface area contributed by atoms with Crippen LogP contribution in [0.1, 0.15) is 12.0 Å². The third kappa shape index (κ3) is 3.38. The lowest BCUT2D eigenvalue weighted by Gasteiger charge is -2.16. The summed E-state index contributed by atoms with van der Waals surface area (Å²) in [6, 6.07) is 15.5. The van der Waals surface area contributed by atoms with E-state index in [0.717, 1.165) is 33.2 Å². The molecule has 0 aliphatic carbocycles. The van der Waals surface area contributed by atoms with Gasteiger partial charge in [-0.1, -0.05) is 42.1 Å².